The zero-order valence-corrected chi connectivity index (χ0v) is 12.8. The van der Waals surface area contributed by atoms with Crippen LogP contribution < -0.4 is 5.32 Å². The molecule has 0 radical (unpaired) electrons. The molecule has 0 unspecified atom stereocenters. The summed E-state index contributed by atoms with van der Waals surface area (Å²) in [4.78, 5) is 13.0. The fourth-order valence-corrected chi connectivity index (χ4v) is 1.93. The SMILES string of the molecule is CCN(C)/C(=C/C(=O)Nc1ccc(C)cc1)C(Cl)Cl. The van der Waals surface area contributed by atoms with Crippen LogP contribution in [0.2, 0.25) is 0 Å². The summed E-state index contributed by atoms with van der Waals surface area (Å²) in [6.07, 6.45) is 1.42. The molecule has 0 bridgehead atoms. The summed E-state index contributed by atoms with van der Waals surface area (Å²) < 4.78 is 0. The van der Waals surface area contributed by atoms with Crippen LogP contribution in [0.25, 0.3) is 0 Å². The fraction of sp³-hybridized carbons (Fsp3) is 0.357. The summed E-state index contributed by atoms with van der Waals surface area (Å²) in [6, 6.07) is 7.57. The van der Waals surface area contributed by atoms with Crippen molar-refractivity contribution < 1.29 is 4.79 Å². The second-order valence-electron chi connectivity index (χ2n) is 4.24. The molecule has 0 saturated heterocycles. The van der Waals surface area contributed by atoms with Gasteiger partial charge in [-0.05, 0) is 26.0 Å². The smallest absolute Gasteiger partial charge is 0.250 e. The normalized spacial score (nSPS) is 11.6. The number of hydrogen-bond acceptors (Lipinski definition) is 2. The number of allylic oxidation sites excluding steroid dienone is 1. The van der Waals surface area contributed by atoms with E-state index in [2.05, 4.69) is 5.32 Å². The molecule has 1 N–H and O–H groups in total. The van der Waals surface area contributed by atoms with E-state index >= 15 is 0 Å². The topological polar surface area (TPSA) is 32.3 Å². The number of rotatable bonds is 5. The van der Waals surface area contributed by atoms with Crippen LogP contribution >= 0.6 is 23.2 Å². The number of hydrogen-bond donors (Lipinski definition) is 1. The van der Waals surface area contributed by atoms with Crippen LogP contribution in [0.5, 0.6) is 0 Å². The zero-order chi connectivity index (χ0) is 14.4. The lowest BCUT2D eigenvalue weighted by molar-refractivity contribution is -0.112. The number of carbonyl (C=O) groups excluding carboxylic acids is 1. The van der Waals surface area contributed by atoms with E-state index in [9.17, 15) is 4.79 Å². The molecule has 0 aliphatic carbocycles. The Morgan fingerprint density at radius 2 is 1.95 bits per heavy atom. The van der Waals surface area contributed by atoms with Gasteiger partial charge >= 0.3 is 0 Å². The molecule has 1 aromatic rings. The Bertz CT molecular complexity index is 455. The Labute approximate surface area is 124 Å². The summed E-state index contributed by atoms with van der Waals surface area (Å²) in [5, 5.41) is 2.77. The number of alkyl halides is 2. The molecule has 0 fully saturated rings. The Hall–Kier alpha value is -1.19. The molecule has 0 heterocycles. The number of nitrogens with zero attached hydrogens (tertiary/aromatic N) is 1. The van der Waals surface area contributed by atoms with E-state index in [1.165, 1.54) is 6.08 Å². The maximum absolute atomic E-state index is 11.9. The minimum Gasteiger partial charge on any atom is -0.376 e. The quantitative estimate of drug-likeness (QED) is 0.666. The highest BCUT2D eigenvalue weighted by molar-refractivity contribution is 6.46. The van der Waals surface area contributed by atoms with Crippen LogP contribution in [-0.2, 0) is 4.79 Å². The molecule has 104 valence electrons. The van der Waals surface area contributed by atoms with Gasteiger partial charge in [-0.1, -0.05) is 40.9 Å². The third-order valence-corrected chi connectivity index (χ3v) is 3.18. The molecule has 0 aliphatic rings. The van der Waals surface area contributed by atoms with Gasteiger partial charge in [-0.2, -0.15) is 0 Å². The lowest BCUT2D eigenvalue weighted by Crippen LogP contribution is -2.23. The molecule has 0 aliphatic heterocycles. The lowest BCUT2D eigenvalue weighted by atomic mass is 10.2. The molecule has 1 rings (SSSR count). The predicted molar refractivity (Wildman–Crippen MR) is 81.7 cm³/mol. The molecule has 3 nitrogen and oxygen atoms in total. The first-order chi connectivity index (χ1) is 8.93. The van der Waals surface area contributed by atoms with Crippen molar-refractivity contribution in [2.45, 2.75) is 18.7 Å². The second-order valence-corrected chi connectivity index (χ2v) is 5.34. The molecular formula is C14H18Cl2N2O. The van der Waals surface area contributed by atoms with Gasteiger partial charge in [0.1, 0.15) is 4.84 Å². The van der Waals surface area contributed by atoms with Crippen molar-refractivity contribution in [1.82, 2.24) is 4.90 Å². The maximum Gasteiger partial charge on any atom is 0.250 e. The molecule has 19 heavy (non-hydrogen) atoms. The van der Waals surface area contributed by atoms with E-state index in [1.807, 2.05) is 50.1 Å². The molecule has 1 amide bonds. The monoisotopic (exact) mass is 300 g/mol. The van der Waals surface area contributed by atoms with Gasteiger partial charge in [0.15, 0.2) is 0 Å². The number of nitrogens with one attached hydrogen (secondary N) is 1. The summed E-state index contributed by atoms with van der Waals surface area (Å²) in [6.45, 7) is 4.67. The Morgan fingerprint density at radius 3 is 2.42 bits per heavy atom. The summed E-state index contributed by atoms with van der Waals surface area (Å²) in [5.41, 5.74) is 2.46. The summed E-state index contributed by atoms with van der Waals surface area (Å²) in [5.74, 6) is -0.245. The third-order valence-electron chi connectivity index (χ3n) is 2.74. The van der Waals surface area contributed by atoms with Crippen molar-refractivity contribution in [2.24, 2.45) is 0 Å². The van der Waals surface area contributed by atoms with E-state index in [-0.39, 0.29) is 5.91 Å². The number of aryl methyl sites for hydroxylation is 1. The Morgan fingerprint density at radius 1 is 1.37 bits per heavy atom. The molecule has 0 aromatic heterocycles. The molecule has 0 atom stereocenters. The van der Waals surface area contributed by atoms with E-state index in [0.717, 1.165) is 17.8 Å². The highest BCUT2D eigenvalue weighted by Gasteiger charge is 2.13. The lowest BCUT2D eigenvalue weighted by Gasteiger charge is -2.21. The first-order valence-corrected chi connectivity index (χ1v) is 6.89. The first-order valence-electron chi connectivity index (χ1n) is 6.02. The van der Waals surface area contributed by atoms with Gasteiger partial charge in [-0.25, -0.2) is 0 Å². The van der Waals surface area contributed by atoms with Crippen LogP contribution in [-0.4, -0.2) is 29.2 Å². The van der Waals surface area contributed by atoms with Crippen molar-refractivity contribution in [2.75, 3.05) is 18.9 Å². The summed E-state index contributed by atoms with van der Waals surface area (Å²) in [7, 11) is 1.84. The van der Waals surface area contributed by atoms with Crippen LogP contribution in [0.15, 0.2) is 36.0 Å². The molecule has 5 heteroatoms. The van der Waals surface area contributed by atoms with Gasteiger partial charge in [0.25, 0.3) is 0 Å². The van der Waals surface area contributed by atoms with Gasteiger partial charge in [-0.3, -0.25) is 4.79 Å². The largest absolute Gasteiger partial charge is 0.376 e. The van der Waals surface area contributed by atoms with Gasteiger partial charge in [0.05, 0.1) is 5.70 Å². The number of amides is 1. The maximum atomic E-state index is 11.9. The number of benzene rings is 1. The highest BCUT2D eigenvalue weighted by atomic mass is 35.5. The van der Waals surface area contributed by atoms with E-state index in [4.69, 9.17) is 23.2 Å². The molecule has 1 aromatic carbocycles. The van der Waals surface area contributed by atoms with Gasteiger partial charge in [0, 0.05) is 25.4 Å². The molecular weight excluding hydrogens is 283 g/mol. The second kappa shape index (κ2) is 7.41. The van der Waals surface area contributed by atoms with Crippen molar-refractivity contribution in [3.8, 4) is 0 Å². The number of carbonyl (C=O) groups is 1. The Kier molecular flexibility index (Phi) is 6.19. The third kappa shape index (κ3) is 5.13. The van der Waals surface area contributed by atoms with Crippen molar-refractivity contribution in [1.29, 1.82) is 0 Å². The standard InChI is InChI=1S/C14H18Cl2N2O/c1-4-18(3)12(14(15)16)9-13(19)17-11-7-5-10(2)6-8-11/h5-9,14H,4H2,1-3H3,(H,17,19)/b12-9+. The van der Waals surface area contributed by atoms with E-state index in [1.54, 1.807) is 0 Å². The van der Waals surface area contributed by atoms with Gasteiger partial charge in [-0.15, -0.1) is 0 Å². The fourth-order valence-electron chi connectivity index (χ4n) is 1.47. The highest BCUT2D eigenvalue weighted by Crippen LogP contribution is 2.17. The van der Waals surface area contributed by atoms with E-state index < -0.39 is 4.84 Å². The first kappa shape index (κ1) is 15.9. The predicted octanol–water partition coefficient (Wildman–Crippen LogP) is 3.57. The van der Waals surface area contributed by atoms with Crippen molar-refractivity contribution >= 4 is 34.8 Å². The van der Waals surface area contributed by atoms with Crippen LogP contribution in [0, 0.1) is 6.92 Å². The van der Waals surface area contributed by atoms with Crippen LogP contribution in [0.4, 0.5) is 5.69 Å². The number of halogens is 2. The van der Waals surface area contributed by atoms with Crippen molar-refractivity contribution in [3.63, 3.8) is 0 Å². The molecule has 0 spiro atoms. The van der Waals surface area contributed by atoms with Gasteiger partial charge in [0.2, 0.25) is 5.91 Å². The average Bonchev–Trinajstić information content (AvgIpc) is 2.37. The van der Waals surface area contributed by atoms with Crippen LogP contribution in [0.3, 0.4) is 0 Å². The van der Waals surface area contributed by atoms with Gasteiger partial charge < -0.3 is 10.2 Å². The minimum atomic E-state index is -0.728. The van der Waals surface area contributed by atoms with Crippen molar-refractivity contribution in [3.05, 3.63) is 41.6 Å². The van der Waals surface area contributed by atoms with E-state index in [0.29, 0.717) is 5.70 Å². The minimum absolute atomic E-state index is 0.245. The molecule has 0 saturated carbocycles. The number of anilines is 1. The zero-order valence-electron chi connectivity index (χ0n) is 11.3. The Balaban J connectivity index is 2.78. The van der Waals surface area contributed by atoms with Crippen LogP contribution in [0.1, 0.15) is 12.5 Å². The average molecular weight is 301 g/mol. The summed E-state index contributed by atoms with van der Waals surface area (Å²) >= 11 is 11.7.